The predicted molar refractivity (Wildman–Crippen MR) is 238 cm³/mol. The van der Waals surface area contributed by atoms with E-state index in [1.165, 1.54) is 0 Å². The molecule has 0 aliphatic carbocycles. The van der Waals surface area contributed by atoms with E-state index < -0.39 is 0 Å². The molecule has 0 atom stereocenters. The highest BCUT2D eigenvalue weighted by Gasteiger charge is 2.21. The van der Waals surface area contributed by atoms with Crippen LogP contribution in [0.15, 0.2) is 200 Å². The molecule has 0 aliphatic heterocycles. The molecule has 7 nitrogen and oxygen atoms in total. The summed E-state index contributed by atoms with van der Waals surface area (Å²) in [4.78, 5) is 21.2. The second-order valence-corrected chi connectivity index (χ2v) is 14.4. The van der Waals surface area contributed by atoms with Crippen molar-refractivity contribution in [3.63, 3.8) is 0 Å². The van der Waals surface area contributed by atoms with Gasteiger partial charge in [-0.2, -0.15) is 4.80 Å². The molecule has 0 fully saturated rings. The van der Waals surface area contributed by atoms with E-state index in [1.807, 2.05) is 78.9 Å². The number of para-hydroxylation sites is 2. The van der Waals surface area contributed by atoms with Gasteiger partial charge < -0.3 is 0 Å². The molecular weight excluding hydrogens is 723 g/mol. The molecule has 0 N–H and O–H groups in total. The molecule has 0 spiro atoms. The fraction of sp³-hybridized carbons (Fsp3) is 0. The van der Waals surface area contributed by atoms with E-state index in [1.54, 1.807) is 17.2 Å². The highest BCUT2D eigenvalue weighted by atomic mass is 15.5. The summed E-state index contributed by atoms with van der Waals surface area (Å²) >= 11 is 0. The van der Waals surface area contributed by atoms with Crippen molar-refractivity contribution in [3.05, 3.63) is 200 Å². The van der Waals surface area contributed by atoms with Gasteiger partial charge in [0, 0.05) is 39.7 Å². The van der Waals surface area contributed by atoms with Crippen molar-refractivity contribution in [2.24, 2.45) is 0 Å². The van der Waals surface area contributed by atoms with Crippen LogP contribution in [0.1, 0.15) is 0 Å². The lowest BCUT2D eigenvalue weighted by Crippen LogP contribution is -1.97. The summed E-state index contributed by atoms with van der Waals surface area (Å²) in [6.07, 6.45) is 3.59. The zero-order chi connectivity index (χ0) is 39.1. The van der Waals surface area contributed by atoms with Gasteiger partial charge in [-0.3, -0.25) is 9.97 Å². The Kier molecular flexibility index (Phi) is 8.33. The van der Waals surface area contributed by atoms with Crippen LogP contribution in [0.5, 0.6) is 0 Å². The lowest BCUT2D eigenvalue weighted by atomic mass is 9.93. The van der Waals surface area contributed by atoms with Crippen molar-refractivity contribution in [3.8, 4) is 73.1 Å². The number of rotatable bonds is 7. The van der Waals surface area contributed by atoms with E-state index in [9.17, 15) is 0 Å². The number of hydrogen-bond acceptors (Lipinski definition) is 6. The van der Waals surface area contributed by atoms with Crippen molar-refractivity contribution >= 4 is 32.7 Å². The Morgan fingerprint density at radius 1 is 0.356 bits per heavy atom. The minimum atomic E-state index is 0.802. The molecule has 7 heteroatoms. The van der Waals surface area contributed by atoms with E-state index in [2.05, 4.69) is 119 Å². The van der Waals surface area contributed by atoms with Crippen molar-refractivity contribution in [2.45, 2.75) is 0 Å². The minimum Gasteiger partial charge on any atom is -0.255 e. The molecule has 59 heavy (non-hydrogen) atoms. The molecule has 0 radical (unpaired) electrons. The lowest BCUT2D eigenvalue weighted by Gasteiger charge is -2.13. The molecule has 0 unspecified atom stereocenters. The van der Waals surface area contributed by atoms with Crippen molar-refractivity contribution < 1.29 is 0 Å². The third kappa shape index (κ3) is 6.27. The quantitative estimate of drug-likeness (QED) is 0.151. The molecule has 0 saturated heterocycles. The number of aromatic nitrogens is 7. The van der Waals surface area contributed by atoms with Gasteiger partial charge in [-0.1, -0.05) is 127 Å². The first-order chi connectivity index (χ1) is 29.2. The molecule has 11 aromatic rings. The van der Waals surface area contributed by atoms with Crippen LogP contribution in [0.3, 0.4) is 0 Å². The number of fused-ring (bicyclic) bond motifs is 5. The molecule has 0 saturated carbocycles. The molecule has 11 rings (SSSR count). The molecule has 0 bridgehead atoms. The SMILES string of the molecule is c1ccc(-c2cc3c(-c4ccc(-c5ccc(-c6cc(-c7ccccn7)nc(-c7ccccn7)c6)cc5)cc4)nc4ccccc4c3c3nn(-c4ccccc4)nc23)cc1. The summed E-state index contributed by atoms with van der Waals surface area (Å²) in [5.41, 5.74) is 15.1. The van der Waals surface area contributed by atoms with Gasteiger partial charge in [0.1, 0.15) is 11.0 Å². The molecule has 276 valence electrons. The zero-order valence-corrected chi connectivity index (χ0v) is 31.7. The Bertz CT molecular complexity index is 3220. The van der Waals surface area contributed by atoms with Crippen LogP contribution in [0.4, 0.5) is 0 Å². The van der Waals surface area contributed by atoms with Crippen LogP contribution >= 0.6 is 0 Å². The van der Waals surface area contributed by atoms with E-state index in [0.717, 1.165) is 106 Å². The number of hydrogen-bond donors (Lipinski definition) is 0. The Labute approximate surface area is 340 Å². The molecule has 5 aromatic heterocycles. The first kappa shape index (κ1) is 34.1. The third-order valence-corrected chi connectivity index (χ3v) is 10.8. The van der Waals surface area contributed by atoms with Crippen LogP contribution < -0.4 is 0 Å². The highest BCUT2D eigenvalue weighted by Crippen LogP contribution is 2.41. The second kappa shape index (κ2) is 14.4. The van der Waals surface area contributed by atoms with Gasteiger partial charge in [-0.25, -0.2) is 9.97 Å². The number of pyridine rings is 4. The third-order valence-electron chi connectivity index (χ3n) is 10.8. The molecule has 6 aromatic carbocycles. The van der Waals surface area contributed by atoms with Crippen molar-refractivity contribution in [1.82, 2.24) is 34.9 Å². The Morgan fingerprint density at radius 2 is 0.898 bits per heavy atom. The normalized spacial score (nSPS) is 11.4. The van der Waals surface area contributed by atoms with E-state index in [4.69, 9.17) is 20.2 Å². The average Bonchev–Trinajstić information content (AvgIpc) is 3.78. The summed E-state index contributed by atoms with van der Waals surface area (Å²) in [6.45, 7) is 0. The Balaban J connectivity index is 1.01. The monoisotopic (exact) mass is 755 g/mol. The predicted octanol–water partition coefficient (Wildman–Crippen LogP) is 12.3. The smallest absolute Gasteiger partial charge is 0.122 e. The fourth-order valence-electron chi connectivity index (χ4n) is 7.89. The zero-order valence-electron chi connectivity index (χ0n) is 31.7. The van der Waals surface area contributed by atoms with E-state index in [-0.39, 0.29) is 0 Å². The van der Waals surface area contributed by atoms with Gasteiger partial charge in [0.25, 0.3) is 0 Å². The standard InChI is InChI=1S/C52H33N7/c1-3-13-37(14-4-1)42-33-43-49(52-51(42)57-59(58-52)40-15-5-2-6-16-40)41-17-7-8-18-44(41)56-50(43)38-27-25-35(26-28-38)34-21-23-36(24-22-34)39-31-47(45-19-9-11-29-53-45)55-48(32-39)46-20-10-12-30-54-46/h1-33H. The summed E-state index contributed by atoms with van der Waals surface area (Å²) in [6, 6.07) is 64.4. The Hall–Kier alpha value is -8.16. The van der Waals surface area contributed by atoms with E-state index in [0.29, 0.717) is 0 Å². The maximum absolute atomic E-state index is 5.32. The summed E-state index contributed by atoms with van der Waals surface area (Å²) in [5.74, 6) is 0. The van der Waals surface area contributed by atoms with Gasteiger partial charge in [0.05, 0.1) is 39.7 Å². The largest absolute Gasteiger partial charge is 0.255 e. The summed E-state index contributed by atoms with van der Waals surface area (Å²) in [7, 11) is 0. The average molecular weight is 756 g/mol. The van der Waals surface area contributed by atoms with Crippen LogP contribution in [0, 0.1) is 0 Å². The van der Waals surface area contributed by atoms with Gasteiger partial charge >= 0.3 is 0 Å². The summed E-state index contributed by atoms with van der Waals surface area (Å²) in [5, 5.41) is 13.4. The van der Waals surface area contributed by atoms with Crippen molar-refractivity contribution in [1.29, 1.82) is 0 Å². The topological polar surface area (TPSA) is 82.3 Å². The Morgan fingerprint density at radius 3 is 1.53 bits per heavy atom. The van der Waals surface area contributed by atoms with Crippen molar-refractivity contribution in [2.75, 3.05) is 0 Å². The second-order valence-electron chi connectivity index (χ2n) is 14.4. The molecule has 5 heterocycles. The van der Waals surface area contributed by atoms with Gasteiger partial charge in [-0.05, 0) is 88.5 Å². The van der Waals surface area contributed by atoms with Crippen LogP contribution in [-0.4, -0.2) is 34.9 Å². The molecule has 0 amide bonds. The first-order valence-electron chi connectivity index (χ1n) is 19.5. The molecular formula is C52H33N7. The molecule has 0 aliphatic rings. The summed E-state index contributed by atoms with van der Waals surface area (Å²) < 4.78 is 0. The van der Waals surface area contributed by atoms with Crippen LogP contribution in [0.25, 0.3) is 106 Å². The number of benzene rings is 6. The van der Waals surface area contributed by atoms with Crippen LogP contribution in [0.2, 0.25) is 0 Å². The van der Waals surface area contributed by atoms with Gasteiger partial charge in [0.15, 0.2) is 0 Å². The number of nitrogens with zero attached hydrogens (tertiary/aromatic N) is 7. The van der Waals surface area contributed by atoms with Gasteiger partial charge in [-0.15, -0.1) is 10.2 Å². The highest BCUT2D eigenvalue weighted by molar-refractivity contribution is 6.23. The van der Waals surface area contributed by atoms with Crippen LogP contribution in [-0.2, 0) is 0 Å². The van der Waals surface area contributed by atoms with Gasteiger partial charge in [0.2, 0.25) is 0 Å². The maximum Gasteiger partial charge on any atom is 0.122 e. The minimum absolute atomic E-state index is 0.802. The lowest BCUT2D eigenvalue weighted by molar-refractivity contribution is 0.766. The fourth-order valence-corrected chi connectivity index (χ4v) is 7.89. The maximum atomic E-state index is 5.32. The first-order valence-corrected chi connectivity index (χ1v) is 19.5. The van der Waals surface area contributed by atoms with E-state index >= 15 is 0 Å².